The summed E-state index contributed by atoms with van der Waals surface area (Å²) >= 11 is -1.18. The van der Waals surface area contributed by atoms with Crippen LogP contribution in [0.4, 0.5) is 0 Å². The Balaban J connectivity index is 1.67. The Morgan fingerprint density at radius 1 is 0.481 bits per heavy atom. The second kappa shape index (κ2) is 7.94. The summed E-state index contributed by atoms with van der Waals surface area (Å²) in [5.41, 5.74) is 3.79. The summed E-state index contributed by atoms with van der Waals surface area (Å²) in [5.74, 6) is 0.615. The van der Waals surface area contributed by atoms with E-state index in [0.717, 1.165) is 22.3 Å². The molecule has 0 saturated heterocycles. The Hall–Kier alpha value is -2.64. The van der Waals surface area contributed by atoms with Gasteiger partial charge in [0.15, 0.2) is 0 Å². The van der Waals surface area contributed by atoms with Crippen molar-refractivity contribution in [2.75, 3.05) is 0 Å². The molecule has 0 aromatic heterocycles. The van der Waals surface area contributed by atoms with Gasteiger partial charge < -0.3 is 0 Å². The quantitative estimate of drug-likeness (QED) is 0.378. The Morgan fingerprint density at radius 3 is 1.30 bits per heavy atom. The Bertz CT molecular complexity index is 973. The maximum atomic E-state index is 10.3. The number of hydrogen-bond donors (Lipinski definition) is 2. The van der Waals surface area contributed by atoms with Crippen molar-refractivity contribution in [3.05, 3.63) is 97.1 Å². The first-order chi connectivity index (χ1) is 13.2. The van der Waals surface area contributed by atoms with Gasteiger partial charge in [-0.25, -0.2) is 0 Å². The van der Waals surface area contributed by atoms with Crippen LogP contribution in [0, 0.1) is 0 Å². The molecule has 0 spiro atoms. The van der Waals surface area contributed by atoms with Gasteiger partial charge >= 0.3 is 171 Å². The van der Waals surface area contributed by atoms with Gasteiger partial charge in [0.1, 0.15) is 0 Å². The van der Waals surface area contributed by atoms with Gasteiger partial charge in [0.25, 0.3) is 0 Å². The summed E-state index contributed by atoms with van der Waals surface area (Å²) in [7, 11) is 0. The van der Waals surface area contributed by atoms with Gasteiger partial charge in [0.2, 0.25) is 0 Å². The van der Waals surface area contributed by atoms with Gasteiger partial charge in [-0.05, 0) is 0 Å². The third kappa shape index (κ3) is 4.04. The predicted octanol–water partition coefficient (Wildman–Crippen LogP) is 4.09. The normalized spacial score (nSPS) is 10.7. The molecule has 0 atom stereocenters. The molecule has 131 valence electrons. The summed E-state index contributed by atoms with van der Waals surface area (Å²) in [6.07, 6.45) is 0. The molecule has 4 aromatic carbocycles. The van der Waals surface area contributed by atoms with Crippen LogP contribution in [-0.2, 0) is 0 Å². The summed E-state index contributed by atoms with van der Waals surface area (Å²) in [5, 5.41) is 20.5. The molecule has 0 bridgehead atoms. The molecule has 0 saturated carbocycles. The van der Waals surface area contributed by atoms with E-state index in [0.29, 0.717) is 11.5 Å². The number of aromatic hydroxyl groups is 2. The molecular formula is C24H18BiO2. The second-order valence-corrected chi connectivity index (χ2v) is 11.1. The molecule has 0 aliphatic heterocycles. The molecule has 2 N–H and O–H groups in total. The van der Waals surface area contributed by atoms with Crippen LogP contribution >= 0.6 is 0 Å². The molecule has 0 fully saturated rings. The van der Waals surface area contributed by atoms with Gasteiger partial charge in [0.05, 0.1) is 0 Å². The van der Waals surface area contributed by atoms with Crippen LogP contribution in [0.1, 0.15) is 0 Å². The van der Waals surface area contributed by atoms with Gasteiger partial charge in [-0.15, -0.1) is 0 Å². The fourth-order valence-electron chi connectivity index (χ4n) is 3.03. The molecule has 0 heterocycles. The molecule has 27 heavy (non-hydrogen) atoms. The van der Waals surface area contributed by atoms with E-state index in [1.54, 1.807) is 12.1 Å². The first kappa shape index (κ1) is 17.8. The molecule has 4 aromatic rings. The predicted molar refractivity (Wildman–Crippen MR) is 112 cm³/mol. The molecule has 0 aliphatic carbocycles. The van der Waals surface area contributed by atoms with Crippen LogP contribution in [0.2, 0.25) is 0 Å². The molecule has 1 radical (unpaired) electrons. The number of phenolic OH excluding ortho intramolecular Hbond substituents is 2. The Kier molecular flexibility index (Phi) is 5.22. The average Bonchev–Trinajstić information content (AvgIpc) is 2.72. The zero-order valence-electron chi connectivity index (χ0n) is 14.6. The average molecular weight is 547 g/mol. The third-order valence-electron chi connectivity index (χ3n) is 4.39. The van der Waals surface area contributed by atoms with E-state index in [-0.39, 0.29) is 0 Å². The summed E-state index contributed by atoms with van der Waals surface area (Å²) < 4.78 is 2.58. The van der Waals surface area contributed by atoms with Gasteiger partial charge in [-0.3, -0.25) is 0 Å². The van der Waals surface area contributed by atoms with Crippen molar-refractivity contribution in [1.82, 2.24) is 0 Å². The van der Waals surface area contributed by atoms with Crippen molar-refractivity contribution in [1.29, 1.82) is 0 Å². The fraction of sp³-hybridized carbons (Fsp3) is 0. The molecular weight excluding hydrogens is 529 g/mol. The van der Waals surface area contributed by atoms with Crippen molar-refractivity contribution < 1.29 is 10.2 Å². The van der Waals surface area contributed by atoms with Crippen LogP contribution in [0.5, 0.6) is 11.5 Å². The second-order valence-electron chi connectivity index (χ2n) is 6.25. The zero-order chi connectivity index (χ0) is 18.6. The zero-order valence-corrected chi connectivity index (χ0v) is 18.1. The topological polar surface area (TPSA) is 40.5 Å². The van der Waals surface area contributed by atoms with Gasteiger partial charge in [0, 0.05) is 0 Å². The van der Waals surface area contributed by atoms with Crippen LogP contribution in [0.25, 0.3) is 22.3 Å². The molecule has 4 rings (SSSR count). The van der Waals surface area contributed by atoms with E-state index in [1.807, 2.05) is 72.8 Å². The van der Waals surface area contributed by atoms with Crippen molar-refractivity contribution in [2.45, 2.75) is 0 Å². The van der Waals surface area contributed by atoms with E-state index in [4.69, 9.17) is 0 Å². The fourth-order valence-corrected chi connectivity index (χ4v) is 6.86. The monoisotopic (exact) mass is 547 g/mol. The number of rotatable bonds is 4. The molecule has 0 amide bonds. The van der Waals surface area contributed by atoms with Crippen LogP contribution < -0.4 is 6.54 Å². The maximum absolute atomic E-state index is 10.3. The van der Waals surface area contributed by atoms with Crippen molar-refractivity contribution in [3.8, 4) is 33.8 Å². The molecule has 0 unspecified atom stereocenters. The summed E-state index contributed by atoms with van der Waals surface area (Å²) in [4.78, 5) is 0. The number of benzene rings is 4. The Morgan fingerprint density at radius 2 is 0.889 bits per heavy atom. The molecule has 2 nitrogen and oxygen atoms in total. The Labute approximate surface area is 170 Å². The number of hydrogen-bond acceptors (Lipinski definition) is 2. The minimum atomic E-state index is -1.18. The molecule has 0 aliphatic rings. The summed E-state index contributed by atoms with van der Waals surface area (Å²) in [6, 6.07) is 31.8. The summed E-state index contributed by atoms with van der Waals surface area (Å²) in [6.45, 7) is 0. The third-order valence-corrected chi connectivity index (χ3v) is 8.56. The van der Waals surface area contributed by atoms with Gasteiger partial charge in [-0.2, -0.15) is 0 Å². The van der Waals surface area contributed by atoms with E-state index >= 15 is 0 Å². The number of phenols is 2. The standard InChI is InChI=1S/2C12H9O.Bi/c2*13-12-9-5-4-8-11(12)10-6-2-1-3-7-10;/h2*1-3,5-9,13H;. The van der Waals surface area contributed by atoms with Crippen LogP contribution in [0.15, 0.2) is 97.1 Å². The molecule has 3 heteroatoms. The van der Waals surface area contributed by atoms with Crippen LogP contribution in [-0.4, -0.2) is 33.4 Å². The van der Waals surface area contributed by atoms with E-state index in [2.05, 4.69) is 12.1 Å². The van der Waals surface area contributed by atoms with E-state index in [1.165, 1.54) is 6.54 Å². The SMILES string of the molecule is Oc1cc[c]([Bi][c]2ccc(O)c(-c3ccccc3)c2)cc1-c1ccccc1. The van der Waals surface area contributed by atoms with E-state index in [9.17, 15) is 10.2 Å². The minimum absolute atomic E-state index is 0.307. The van der Waals surface area contributed by atoms with Crippen LogP contribution in [0.3, 0.4) is 0 Å². The van der Waals surface area contributed by atoms with Crippen molar-refractivity contribution in [2.24, 2.45) is 0 Å². The van der Waals surface area contributed by atoms with Crippen molar-refractivity contribution >= 4 is 29.8 Å². The van der Waals surface area contributed by atoms with Gasteiger partial charge in [-0.1, -0.05) is 0 Å². The van der Waals surface area contributed by atoms with Crippen molar-refractivity contribution in [3.63, 3.8) is 0 Å². The first-order valence-electron chi connectivity index (χ1n) is 8.69. The first-order valence-corrected chi connectivity index (χ1v) is 12.2. The van der Waals surface area contributed by atoms with E-state index < -0.39 is 23.2 Å².